The minimum absolute atomic E-state index is 0.655. The molecule has 1 aromatic carbocycles. The summed E-state index contributed by atoms with van der Waals surface area (Å²) in [6.45, 7) is 6.27. The summed E-state index contributed by atoms with van der Waals surface area (Å²) in [5, 5.41) is 7.51. The molecule has 20 heavy (non-hydrogen) atoms. The van der Waals surface area contributed by atoms with E-state index >= 15 is 0 Å². The van der Waals surface area contributed by atoms with E-state index in [1.807, 2.05) is 25.4 Å². The Morgan fingerprint density at radius 1 is 1.35 bits per heavy atom. The highest BCUT2D eigenvalue weighted by molar-refractivity contribution is 9.10. The Bertz CT molecular complexity index is 566. The third-order valence-electron chi connectivity index (χ3n) is 2.81. The fourth-order valence-corrected chi connectivity index (χ4v) is 2.32. The first-order valence-electron chi connectivity index (χ1n) is 6.70. The van der Waals surface area contributed by atoms with Gasteiger partial charge in [0.1, 0.15) is 5.75 Å². The summed E-state index contributed by atoms with van der Waals surface area (Å²) >= 11 is 3.59. The SMILES string of the molecule is CC(C)CNCc1ccc(Oc2cnn(C)c2)cc1Br. The lowest BCUT2D eigenvalue weighted by Gasteiger charge is -2.10. The Balaban J connectivity index is 1.98. The van der Waals surface area contributed by atoms with Gasteiger partial charge in [-0.1, -0.05) is 35.8 Å². The van der Waals surface area contributed by atoms with E-state index < -0.39 is 0 Å². The second kappa shape index (κ2) is 6.90. The van der Waals surface area contributed by atoms with Crippen LogP contribution < -0.4 is 10.1 Å². The van der Waals surface area contributed by atoms with Gasteiger partial charge < -0.3 is 10.1 Å². The van der Waals surface area contributed by atoms with E-state index in [4.69, 9.17) is 4.74 Å². The molecule has 0 radical (unpaired) electrons. The third kappa shape index (κ3) is 4.35. The lowest BCUT2D eigenvalue weighted by Crippen LogP contribution is -2.19. The molecule has 4 nitrogen and oxygen atoms in total. The molecule has 108 valence electrons. The van der Waals surface area contributed by atoms with Crippen molar-refractivity contribution in [3.63, 3.8) is 0 Å². The fourth-order valence-electron chi connectivity index (χ4n) is 1.82. The van der Waals surface area contributed by atoms with Crippen molar-refractivity contribution >= 4 is 15.9 Å². The van der Waals surface area contributed by atoms with Crippen molar-refractivity contribution in [3.8, 4) is 11.5 Å². The van der Waals surface area contributed by atoms with Crippen molar-refractivity contribution < 1.29 is 4.74 Å². The number of hydrogen-bond acceptors (Lipinski definition) is 3. The Morgan fingerprint density at radius 3 is 2.75 bits per heavy atom. The second-order valence-electron chi connectivity index (χ2n) is 5.23. The highest BCUT2D eigenvalue weighted by atomic mass is 79.9. The minimum atomic E-state index is 0.655. The van der Waals surface area contributed by atoms with Gasteiger partial charge in [-0.05, 0) is 30.2 Å². The predicted octanol–water partition coefficient (Wildman–Crippen LogP) is 3.72. The highest BCUT2D eigenvalue weighted by Gasteiger charge is 2.05. The number of nitrogens with one attached hydrogen (secondary N) is 1. The first kappa shape index (κ1) is 15.1. The number of aromatic nitrogens is 2. The number of ether oxygens (including phenoxy) is 1. The molecule has 1 N–H and O–H groups in total. The van der Waals surface area contributed by atoms with Crippen LogP contribution in [0.5, 0.6) is 11.5 Å². The van der Waals surface area contributed by atoms with Gasteiger partial charge in [-0.2, -0.15) is 5.10 Å². The standard InChI is InChI=1S/C15H20BrN3O/c1-11(2)7-17-8-12-4-5-13(6-15(12)16)20-14-9-18-19(3)10-14/h4-6,9-11,17H,7-8H2,1-3H3. The minimum Gasteiger partial charge on any atom is -0.454 e. The van der Waals surface area contributed by atoms with Crippen LogP contribution in [-0.2, 0) is 13.6 Å². The van der Waals surface area contributed by atoms with E-state index in [0.29, 0.717) is 5.92 Å². The third-order valence-corrected chi connectivity index (χ3v) is 3.55. The average molecular weight is 338 g/mol. The molecule has 0 unspecified atom stereocenters. The number of nitrogens with zero attached hydrogens (tertiary/aromatic N) is 2. The Kier molecular flexibility index (Phi) is 5.20. The topological polar surface area (TPSA) is 39.1 Å². The van der Waals surface area contributed by atoms with Crippen molar-refractivity contribution in [3.05, 3.63) is 40.6 Å². The summed E-state index contributed by atoms with van der Waals surface area (Å²) in [5.41, 5.74) is 1.23. The molecule has 5 heteroatoms. The molecule has 2 aromatic rings. The van der Waals surface area contributed by atoms with Crippen molar-refractivity contribution in [2.75, 3.05) is 6.54 Å². The van der Waals surface area contributed by atoms with E-state index in [0.717, 1.165) is 29.1 Å². The normalized spacial score (nSPS) is 11.1. The Labute approximate surface area is 128 Å². The van der Waals surface area contributed by atoms with Crippen molar-refractivity contribution in [1.82, 2.24) is 15.1 Å². The summed E-state index contributed by atoms with van der Waals surface area (Å²) in [6.07, 6.45) is 3.54. The predicted molar refractivity (Wildman–Crippen MR) is 84.0 cm³/mol. The smallest absolute Gasteiger partial charge is 0.165 e. The molecule has 1 aromatic heterocycles. The fraction of sp³-hybridized carbons (Fsp3) is 0.400. The molecular weight excluding hydrogens is 318 g/mol. The van der Waals surface area contributed by atoms with Gasteiger partial charge >= 0.3 is 0 Å². The molecular formula is C15H20BrN3O. The molecule has 0 spiro atoms. The number of halogens is 1. The molecule has 0 atom stereocenters. The maximum atomic E-state index is 5.74. The van der Waals surface area contributed by atoms with E-state index in [1.165, 1.54) is 5.56 Å². The van der Waals surface area contributed by atoms with E-state index in [-0.39, 0.29) is 0 Å². The molecule has 1 heterocycles. The van der Waals surface area contributed by atoms with Crippen molar-refractivity contribution in [1.29, 1.82) is 0 Å². The van der Waals surface area contributed by atoms with Gasteiger partial charge in [0.05, 0.1) is 12.4 Å². The second-order valence-corrected chi connectivity index (χ2v) is 6.08. The zero-order valence-electron chi connectivity index (χ0n) is 12.1. The van der Waals surface area contributed by atoms with Gasteiger partial charge in [-0.3, -0.25) is 4.68 Å². The number of benzene rings is 1. The van der Waals surface area contributed by atoms with Gasteiger partial charge in [0.2, 0.25) is 0 Å². The zero-order valence-corrected chi connectivity index (χ0v) is 13.6. The Hall–Kier alpha value is -1.33. The highest BCUT2D eigenvalue weighted by Crippen LogP contribution is 2.26. The van der Waals surface area contributed by atoms with Crippen molar-refractivity contribution in [2.24, 2.45) is 13.0 Å². The monoisotopic (exact) mass is 337 g/mol. The largest absolute Gasteiger partial charge is 0.454 e. The van der Waals surface area contributed by atoms with Crippen LogP contribution in [0.25, 0.3) is 0 Å². The quantitative estimate of drug-likeness (QED) is 0.873. The van der Waals surface area contributed by atoms with Crippen LogP contribution in [0.1, 0.15) is 19.4 Å². The molecule has 0 fully saturated rings. The maximum absolute atomic E-state index is 5.74. The molecule has 0 saturated carbocycles. The van der Waals surface area contributed by atoms with Crippen LogP contribution in [0.3, 0.4) is 0 Å². The van der Waals surface area contributed by atoms with E-state index in [1.54, 1.807) is 10.9 Å². The van der Waals surface area contributed by atoms with E-state index in [2.05, 4.69) is 46.3 Å². The zero-order chi connectivity index (χ0) is 14.5. The lowest BCUT2D eigenvalue weighted by atomic mass is 10.2. The van der Waals surface area contributed by atoms with Crippen LogP contribution in [-0.4, -0.2) is 16.3 Å². The first-order chi connectivity index (χ1) is 9.54. The summed E-state index contributed by atoms with van der Waals surface area (Å²) in [5.74, 6) is 2.20. The van der Waals surface area contributed by atoms with Crippen molar-refractivity contribution in [2.45, 2.75) is 20.4 Å². The number of rotatable bonds is 6. The molecule has 0 saturated heterocycles. The van der Waals surface area contributed by atoms with Gasteiger partial charge in [-0.25, -0.2) is 0 Å². The molecule has 2 rings (SSSR count). The summed E-state index contributed by atoms with van der Waals surface area (Å²) in [6, 6.07) is 6.03. The maximum Gasteiger partial charge on any atom is 0.165 e. The Morgan fingerprint density at radius 2 is 2.15 bits per heavy atom. The average Bonchev–Trinajstić information content (AvgIpc) is 2.77. The number of hydrogen-bond donors (Lipinski definition) is 1. The lowest BCUT2D eigenvalue weighted by molar-refractivity contribution is 0.481. The molecule has 0 bridgehead atoms. The van der Waals surface area contributed by atoms with Crippen LogP contribution in [0.4, 0.5) is 0 Å². The summed E-state index contributed by atoms with van der Waals surface area (Å²) < 4.78 is 8.51. The van der Waals surface area contributed by atoms with Crippen LogP contribution in [0.2, 0.25) is 0 Å². The van der Waals surface area contributed by atoms with Gasteiger partial charge in [-0.15, -0.1) is 0 Å². The molecule has 0 amide bonds. The summed E-state index contributed by atoms with van der Waals surface area (Å²) in [7, 11) is 1.87. The van der Waals surface area contributed by atoms with Crippen LogP contribution in [0, 0.1) is 5.92 Å². The first-order valence-corrected chi connectivity index (χ1v) is 7.49. The summed E-state index contributed by atoms with van der Waals surface area (Å²) in [4.78, 5) is 0. The van der Waals surface area contributed by atoms with Gasteiger partial charge in [0.15, 0.2) is 5.75 Å². The van der Waals surface area contributed by atoms with Gasteiger partial charge in [0.25, 0.3) is 0 Å². The van der Waals surface area contributed by atoms with Gasteiger partial charge in [0, 0.05) is 18.1 Å². The van der Waals surface area contributed by atoms with Crippen LogP contribution in [0.15, 0.2) is 35.1 Å². The van der Waals surface area contributed by atoms with Crippen LogP contribution >= 0.6 is 15.9 Å². The molecule has 0 aliphatic heterocycles. The van der Waals surface area contributed by atoms with E-state index in [9.17, 15) is 0 Å². The molecule has 0 aliphatic carbocycles. The number of aryl methyl sites for hydroxylation is 1. The molecule has 0 aliphatic rings.